The van der Waals surface area contributed by atoms with Crippen LogP contribution in [0.2, 0.25) is 5.02 Å². The van der Waals surface area contributed by atoms with E-state index in [1.807, 2.05) is 19.1 Å². The summed E-state index contributed by atoms with van der Waals surface area (Å²) in [6, 6.07) is 6.03. The highest BCUT2D eigenvalue weighted by Crippen LogP contribution is 2.26. The van der Waals surface area contributed by atoms with Gasteiger partial charge >= 0.3 is 0 Å². The van der Waals surface area contributed by atoms with Gasteiger partial charge in [0.25, 0.3) is 0 Å². The Hall–Kier alpha value is -0.810. The Bertz CT molecular complexity index is 374. The summed E-state index contributed by atoms with van der Waals surface area (Å²) in [6.07, 6.45) is 0. The molecule has 1 aromatic rings. The van der Waals surface area contributed by atoms with Gasteiger partial charge in [-0.05, 0) is 24.6 Å². The molecule has 1 rings (SSSR count). The molecule has 0 radical (unpaired) electrons. The summed E-state index contributed by atoms with van der Waals surface area (Å²) < 4.78 is 4.98. The number of hydrogen-bond donors (Lipinski definition) is 2. The molecule has 108 valence electrons. The molecule has 5 heteroatoms. The minimum atomic E-state index is 0.129. The van der Waals surface area contributed by atoms with Crippen molar-refractivity contribution in [1.29, 1.82) is 0 Å². The highest BCUT2D eigenvalue weighted by Gasteiger charge is 2.08. The molecular formula is C14H23ClN2O2. The van der Waals surface area contributed by atoms with Crippen LogP contribution in [0, 0.1) is 0 Å². The summed E-state index contributed by atoms with van der Waals surface area (Å²) in [7, 11) is 1.69. The number of benzene rings is 1. The first kappa shape index (κ1) is 16.2. The fraction of sp³-hybridized carbons (Fsp3) is 0.571. The first-order valence-electron chi connectivity index (χ1n) is 6.56. The van der Waals surface area contributed by atoms with Crippen LogP contribution in [0.1, 0.15) is 12.5 Å². The van der Waals surface area contributed by atoms with E-state index in [0.717, 1.165) is 35.9 Å². The number of halogens is 1. The third-order valence-corrected chi connectivity index (χ3v) is 3.22. The number of methoxy groups -OCH3 is 1. The lowest BCUT2D eigenvalue weighted by Gasteiger charge is -2.23. The maximum Gasteiger partial charge on any atom is 0.0642 e. The third-order valence-electron chi connectivity index (χ3n) is 2.92. The van der Waals surface area contributed by atoms with Crippen LogP contribution in [0.15, 0.2) is 18.2 Å². The molecule has 0 bridgehead atoms. The Morgan fingerprint density at radius 3 is 2.79 bits per heavy atom. The van der Waals surface area contributed by atoms with Crippen molar-refractivity contribution in [2.45, 2.75) is 13.5 Å². The fourth-order valence-electron chi connectivity index (χ4n) is 1.89. The number of hydrogen-bond acceptors (Lipinski definition) is 4. The minimum Gasteiger partial charge on any atom is -0.395 e. The standard InChI is InChI=1S/C14H23ClN2O2/c1-3-17(7-8-18)14-5-4-12(10-13(14)15)11-16-6-9-19-2/h4-5,10,16,18H,3,6-9,11H2,1-2H3. The monoisotopic (exact) mass is 286 g/mol. The van der Waals surface area contributed by atoms with E-state index in [1.54, 1.807) is 7.11 Å². The van der Waals surface area contributed by atoms with Crippen molar-refractivity contribution >= 4 is 17.3 Å². The molecule has 0 aliphatic rings. The largest absolute Gasteiger partial charge is 0.395 e. The smallest absolute Gasteiger partial charge is 0.0642 e. The molecular weight excluding hydrogens is 264 g/mol. The number of rotatable bonds is 9. The maximum atomic E-state index is 9.03. The van der Waals surface area contributed by atoms with Gasteiger partial charge in [-0.2, -0.15) is 0 Å². The van der Waals surface area contributed by atoms with E-state index in [9.17, 15) is 0 Å². The molecule has 0 saturated heterocycles. The van der Waals surface area contributed by atoms with Crippen molar-refractivity contribution < 1.29 is 9.84 Å². The van der Waals surface area contributed by atoms with Gasteiger partial charge in [-0.15, -0.1) is 0 Å². The molecule has 0 unspecified atom stereocenters. The van der Waals surface area contributed by atoms with Crippen LogP contribution in [-0.4, -0.2) is 45.1 Å². The molecule has 4 nitrogen and oxygen atoms in total. The van der Waals surface area contributed by atoms with E-state index in [-0.39, 0.29) is 6.61 Å². The van der Waals surface area contributed by atoms with Crippen molar-refractivity contribution in [3.63, 3.8) is 0 Å². The second-order valence-corrected chi connectivity index (χ2v) is 4.67. The molecule has 0 aliphatic carbocycles. The van der Waals surface area contributed by atoms with Crippen molar-refractivity contribution in [2.75, 3.05) is 44.9 Å². The summed E-state index contributed by atoms with van der Waals surface area (Å²) in [5.41, 5.74) is 2.11. The van der Waals surface area contributed by atoms with Crippen LogP contribution in [0.3, 0.4) is 0 Å². The molecule has 19 heavy (non-hydrogen) atoms. The summed E-state index contributed by atoms with van der Waals surface area (Å²) >= 11 is 6.30. The molecule has 0 aromatic heterocycles. The predicted molar refractivity (Wildman–Crippen MR) is 80.0 cm³/mol. The van der Waals surface area contributed by atoms with Crippen molar-refractivity contribution in [3.8, 4) is 0 Å². The molecule has 0 atom stereocenters. The zero-order valence-corrected chi connectivity index (χ0v) is 12.4. The number of nitrogens with zero attached hydrogens (tertiary/aromatic N) is 1. The van der Waals surface area contributed by atoms with Gasteiger partial charge in [0.05, 0.1) is 23.9 Å². The molecule has 0 fully saturated rings. The van der Waals surface area contributed by atoms with E-state index < -0.39 is 0 Å². The van der Waals surface area contributed by atoms with Crippen LogP contribution in [0.4, 0.5) is 5.69 Å². The van der Waals surface area contributed by atoms with Gasteiger partial charge < -0.3 is 20.1 Å². The van der Waals surface area contributed by atoms with Gasteiger partial charge in [0, 0.05) is 33.3 Å². The van der Waals surface area contributed by atoms with E-state index in [2.05, 4.69) is 16.3 Å². The van der Waals surface area contributed by atoms with Crippen LogP contribution >= 0.6 is 11.6 Å². The van der Waals surface area contributed by atoms with E-state index in [1.165, 1.54) is 0 Å². The Balaban J connectivity index is 2.62. The average molecular weight is 287 g/mol. The van der Waals surface area contributed by atoms with Crippen LogP contribution < -0.4 is 10.2 Å². The number of aliphatic hydroxyl groups is 1. The highest BCUT2D eigenvalue weighted by molar-refractivity contribution is 6.33. The van der Waals surface area contributed by atoms with Gasteiger partial charge in [-0.1, -0.05) is 17.7 Å². The number of aliphatic hydroxyl groups excluding tert-OH is 1. The lowest BCUT2D eigenvalue weighted by Crippen LogP contribution is -2.26. The second-order valence-electron chi connectivity index (χ2n) is 4.26. The molecule has 0 spiro atoms. The SMILES string of the molecule is CCN(CCO)c1ccc(CNCCOC)cc1Cl. The summed E-state index contributed by atoms with van der Waals surface area (Å²) in [6.45, 7) is 5.90. The van der Waals surface area contributed by atoms with Crippen molar-refractivity contribution in [1.82, 2.24) is 5.32 Å². The molecule has 0 amide bonds. The summed E-state index contributed by atoms with van der Waals surface area (Å²) in [5.74, 6) is 0. The third kappa shape index (κ3) is 5.37. The Kier molecular flexibility index (Phi) is 7.82. The van der Waals surface area contributed by atoms with Gasteiger partial charge in [0.1, 0.15) is 0 Å². The lowest BCUT2D eigenvalue weighted by atomic mass is 10.2. The zero-order valence-electron chi connectivity index (χ0n) is 11.7. The quantitative estimate of drug-likeness (QED) is 0.681. The highest BCUT2D eigenvalue weighted by atomic mass is 35.5. The average Bonchev–Trinajstić information content (AvgIpc) is 2.42. The normalized spacial score (nSPS) is 10.7. The first-order chi connectivity index (χ1) is 9.22. The van der Waals surface area contributed by atoms with Gasteiger partial charge in [-0.25, -0.2) is 0 Å². The number of nitrogens with one attached hydrogen (secondary N) is 1. The Morgan fingerprint density at radius 1 is 1.42 bits per heavy atom. The van der Waals surface area contributed by atoms with E-state index in [0.29, 0.717) is 13.2 Å². The van der Waals surface area contributed by atoms with Gasteiger partial charge in [-0.3, -0.25) is 0 Å². The Labute approximate surface area is 120 Å². The van der Waals surface area contributed by atoms with Gasteiger partial charge in [0.2, 0.25) is 0 Å². The molecule has 0 aliphatic heterocycles. The van der Waals surface area contributed by atoms with E-state index in [4.69, 9.17) is 21.4 Å². The van der Waals surface area contributed by atoms with Crippen molar-refractivity contribution in [2.24, 2.45) is 0 Å². The molecule has 1 aromatic carbocycles. The second kappa shape index (κ2) is 9.15. The summed E-state index contributed by atoms with van der Waals surface area (Å²) in [4.78, 5) is 2.06. The Morgan fingerprint density at radius 2 is 2.21 bits per heavy atom. The first-order valence-corrected chi connectivity index (χ1v) is 6.94. The molecule has 0 saturated carbocycles. The lowest BCUT2D eigenvalue weighted by molar-refractivity contribution is 0.199. The fourth-order valence-corrected chi connectivity index (χ4v) is 2.22. The number of ether oxygens (including phenoxy) is 1. The maximum absolute atomic E-state index is 9.03. The minimum absolute atomic E-state index is 0.129. The van der Waals surface area contributed by atoms with E-state index >= 15 is 0 Å². The van der Waals surface area contributed by atoms with Crippen LogP contribution in [0.5, 0.6) is 0 Å². The summed E-state index contributed by atoms with van der Waals surface area (Å²) in [5, 5.41) is 13.0. The zero-order chi connectivity index (χ0) is 14.1. The predicted octanol–water partition coefficient (Wildman–Crippen LogP) is 1.89. The van der Waals surface area contributed by atoms with Gasteiger partial charge in [0.15, 0.2) is 0 Å². The number of likely N-dealkylation sites (N-methyl/N-ethyl adjacent to an activating group) is 1. The molecule has 2 N–H and O–H groups in total. The number of anilines is 1. The van der Waals surface area contributed by atoms with Crippen LogP contribution in [0.25, 0.3) is 0 Å². The van der Waals surface area contributed by atoms with Crippen molar-refractivity contribution in [3.05, 3.63) is 28.8 Å². The van der Waals surface area contributed by atoms with Crippen LogP contribution in [-0.2, 0) is 11.3 Å². The topological polar surface area (TPSA) is 44.7 Å². The molecule has 0 heterocycles.